The highest BCUT2D eigenvalue weighted by Crippen LogP contribution is 2.42. The molecule has 0 saturated carbocycles. The lowest BCUT2D eigenvalue weighted by Crippen LogP contribution is -2.58. The molecule has 1 heterocycles. The minimum absolute atomic E-state index is 0.0149. The third-order valence-corrected chi connectivity index (χ3v) is 5.15. The van der Waals surface area contributed by atoms with Gasteiger partial charge in [0.05, 0.1) is 24.3 Å². The second kappa shape index (κ2) is 8.57. The van der Waals surface area contributed by atoms with Crippen molar-refractivity contribution in [2.75, 3.05) is 7.11 Å². The summed E-state index contributed by atoms with van der Waals surface area (Å²) < 4.78 is 51.7. The Labute approximate surface area is 185 Å². The van der Waals surface area contributed by atoms with Gasteiger partial charge in [0.2, 0.25) is 0 Å². The van der Waals surface area contributed by atoms with Crippen LogP contribution in [0.2, 0.25) is 10.0 Å². The second-order valence-electron chi connectivity index (χ2n) is 6.75. The van der Waals surface area contributed by atoms with Gasteiger partial charge in [-0.15, -0.1) is 0 Å². The lowest BCUT2D eigenvalue weighted by Gasteiger charge is -2.33. The van der Waals surface area contributed by atoms with Crippen LogP contribution >= 0.6 is 23.2 Å². The van der Waals surface area contributed by atoms with Crippen molar-refractivity contribution >= 4 is 34.8 Å². The van der Waals surface area contributed by atoms with Gasteiger partial charge in [-0.05, 0) is 55.0 Å². The monoisotopic (exact) mass is 476 g/mol. The van der Waals surface area contributed by atoms with E-state index < -0.39 is 30.3 Å². The first-order valence-electron chi connectivity index (χ1n) is 8.93. The normalized spacial score (nSPS) is 19.7. The fourth-order valence-corrected chi connectivity index (χ4v) is 3.38. The quantitative estimate of drug-likeness (QED) is 0.681. The van der Waals surface area contributed by atoms with Crippen molar-refractivity contribution in [1.82, 2.24) is 5.01 Å². The van der Waals surface area contributed by atoms with Gasteiger partial charge in [-0.3, -0.25) is 4.79 Å². The molecule has 1 amide bonds. The lowest BCUT2D eigenvalue weighted by atomic mass is 10.0. The topological polar surface area (TPSA) is 71.4 Å². The van der Waals surface area contributed by atoms with E-state index >= 15 is 0 Å². The molecule has 2 aromatic carbocycles. The average Bonchev–Trinajstić information content (AvgIpc) is 3.08. The van der Waals surface area contributed by atoms with Crippen molar-refractivity contribution in [3.05, 3.63) is 58.1 Å². The number of carbonyl (C=O) groups excluding carboxylic acids is 1. The maximum Gasteiger partial charge on any atom is 0.438 e. The first kappa shape index (κ1) is 23.2. The Hall–Kier alpha value is -2.49. The molecule has 0 spiro atoms. The fraction of sp³-hybridized carbons (Fsp3) is 0.300. The third kappa shape index (κ3) is 4.58. The summed E-state index contributed by atoms with van der Waals surface area (Å²) in [4.78, 5) is 12.8. The van der Waals surface area contributed by atoms with Gasteiger partial charge in [0, 0.05) is 5.02 Å². The zero-order valence-electron chi connectivity index (χ0n) is 16.3. The van der Waals surface area contributed by atoms with Crippen LogP contribution in [0.3, 0.4) is 0 Å². The maximum atomic E-state index is 13.7. The maximum absolute atomic E-state index is 13.7. The average molecular weight is 477 g/mol. The molecule has 6 nitrogen and oxygen atoms in total. The molecule has 0 bridgehead atoms. The molecule has 2 aromatic rings. The van der Waals surface area contributed by atoms with E-state index in [1.54, 1.807) is 0 Å². The number of hydrogen-bond acceptors (Lipinski definition) is 5. The van der Waals surface area contributed by atoms with Gasteiger partial charge in [0.25, 0.3) is 11.6 Å². The lowest BCUT2D eigenvalue weighted by molar-refractivity contribution is -0.303. The summed E-state index contributed by atoms with van der Waals surface area (Å²) in [5, 5.41) is 14.6. The van der Waals surface area contributed by atoms with E-state index in [1.165, 1.54) is 56.5 Å². The van der Waals surface area contributed by atoms with Gasteiger partial charge in [-0.25, -0.2) is 0 Å². The Morgan fingerprint density at radius 2 is 1.87 bits per heavy atom. The third-order valence-electron chi connectivity index (χ3n) is 4.62. The van der Waals surface area contributed by atoms with E-state index in [1.807, 2.05) is 0 Å². The molecular weight excluding hydrogens is 460 g/mol. The highest BCUT2D eigenvalue weighted by Gasteiger charge is 2.63. The Morgan fingerprint density at radius 3 is 2.42 bits per heavy atom. The predicted molar refractivity (Wildman–Crippen MR) is 109 cm³/mol. The number of nitrogens with zero attached hydrogens (tertiary/aromatic N) is 2. The number of amides is 1. The van der Waals surface area contributed by atoms with Crippen LogP contribution in [0, 0.1) is 0 Å². The molecule has 0 radical (unpaired) electrons. The summed E-state index contributed by atoms with van der Waals surface area (Å²) in [7, 11) is 1.44. The van der Waals surface area contributed by atoms with Crippen molar-refractivity contribution in [2.45, 2.75) is 31.3 Å². The van der Waals surface area contributed by atoms with E-state index in [-0.39, 0.29) is 21.5 Å². The molecular formula is C20H17Cl2F3N2O4. The smallest absolute Gasteiger partial charge is 0.438 e. The Kier molecular flexibility index (Phi) is 6.40. The van der Waals surface area contributed by atoms with Crippen molar-refractivity contribution in [2.24, 2.45) is 5.10 Å². The molecule has 0 unspecified atom stereocenters. The zero-order chi connectivity index (χ0) is 23.0. The SMILES string of the molecule is COc1ccc(C2=NN(C(=O)[C@@H](C)Oc3ccc(Cl)cc3Cl)[C@](O)(C(F)(F)F)C2)cc1. The first-order chi connectivity index (χ1) is 14.5. The summed E-state index contributed by atoms with van der Waals surface area (Å²) in [5.74, 6) is -0.668. The molecule has 0 aliphatic carbocycles. The minimum atomic E-state index is -5.17. The number of alkyl halides is 3. The number of carbonyl (C=O) groups is 1. The van der Waals surface area contributed by atoms with Crippen LogP contribution in [0.4, 0.5) is 13.2 Å². The molecule has 1 aliphatic rings. The molecule has 3 rings (SSSR count). The summed E-state index contributed by atoms with van der Waals surface area (Å²) in [6, 6.07) is 10.2. The van der Waals surface area contributed by atoms with Gasteiger partial charge in [0.15, 0.2) is 6.10 Å². The van der Waals surface area contributed by atoms with E-state index in [9.17, 15) is 23.1 Å². The predicted octanol–water partition coefficient (Wildman–Crippen LogP) is 4.66. The van der Waals surface area contributed by atoms with Gasteiger partial charge in [0.1, 0.15) is 11.5 Å². The molecule has 0 fully saturated rings. The van der Waals surface area contributed by atoms with Crippen LogP contribution in [0.1, 0.15) is 18.9 Å². The highest BCUT2D eigenvalue weighted by atomic mass is 35.5. The molecule has 1 aliphatic heterocycles. The minimum Gasteiger partial charge on any atom is -0.497 e. The van der Waals surface area contributed by atoms with Gasteiger partial charge >= 0.3 is 6.18 Å². The number of benzene rings is 2. The van der Waals surface area contributed by atoms with E-state index in [0.29, 0.717) is 16.3 Å². The molecule has 0 saturated heterocycles. The number of aliphatic hydroxyl groups is 1. The largest absolute Gasteiger partial charge is 0.497 e. The van der Waals surface area contributed by atoms with Crippen molar-refractivity contribution in [3.8, 4) is 11.5 Å². The van der Waals surface area contributed by atoms with Crippen LogP contribution in [0.25, 0.3) is 0 Å². The number of ether oxygens (including phenoxy) is 2. The summed E-state index contributed by atoms with van der Waals surface area (Å²) in [6.45, 7) is 1.23. The van der Waals surface area contributed by atoms with E-state index in [4.69, 9.17) is 32.7 Å². The zero-order valence-corrected chi connectivity index (χ0v) is 17.8. The van der Waals surface area contributed by atoms with Crippen LogP contribution in [0.15, 0.2) is 47.6 Å². The van der Waals surface area contributed by atoms with Gasteiger partial charge in [-0.2, -0.15) is 23.3 Å². The highest BCUT2D eigenvalue weighted by molar-refractivity contribution is 6.35. The molecule has 11 heteroatoms. The molecule has 1 N–H and O–H groups in total. The Bertz CT molecular complexity index is 1010. The number of halogens is 5. The van der Waals surface area contributed by atoms with Gasteiger partial charge in [-0.1, -0.05) is 23.2 Å². The van der Waals surface area contributed by atoms with Crippen LogP contribution in [-0.4, -0.2) is 46.8 Å². The van der Waals surface area contributed by atoms with E-state index in [2.05, 4.69) is 5.10 Å². The Morgan fingerprint density at radius 1 is 1.23 bits per heavy atom. The van der Waals surface area contributed by atoms with Crippen molar-refractivity contribution < 1.29 is 32.5 Å². The summed E-state index contributed by atoms with van der Waals surface area (Å²) in [6.07, 6.45) is -7.55. The summed E-state index contributed by atoms with van der Waals surface area (Å²) in [5.41, 5.74) is -3.35. The van der Waals surface area contributed by atoms with Crippen molar-refractivity contribution in [3.63, 3.8) is 0 Å². The number of methoxy groups -OCH3 is 1. The standard InChI is InChI=1S/C20H17Cl2F3N2O4/c1-11(31-17-8-5-13(21)9-15(17)22)18(28)27-19(29,20(23,24)25)10-16(26-27)12-3-6-14(30-2)7-4-12/h3-9,11,29H,10H2,1-2H3/t11-,19-/m1/s1. The number of hydrazone groups is 1. The van der Waals surface area contributed by atoms with E-state index in [0.717, 1.165) is 0 Å². The van der Waals surface area contributed by atoms with Gasteiger partial charge < -0.3 is 14.6 Å². The summed E-state index contributed by atoms with van der Waals surface area (Å²) >= 11 is 11.8. The Balaban J connectivity index is 1.91. The molecule has 166 valence electrons. The van der Waals surface area contributed by atoms with Crippen LogP contribution < -0.4 is 9.47 Å². The van der Waals surface area contributed by atoms with Crippen LogP contribution in [0.5, 0.6) is 11.5 Å². The molecule has 0 aromatic heterocycles. The number of rotatable bonds is 5. The molecule has 2 atom stereocenters. The fourth-order valence-electron chi connectivity index (χ4n) is 2.93. The number of hydrogen-bond donors (Lipinski definition) is 1. The second-order valence-corrected chi connectivity index (χ2v) is 7.59. The first-order valence-corrected chi connectivity index (χ1v) is 9.68. The molecule has 31 heavy (non-hydrogen) atoms. The van der Waals surface area contributed by atoms with Crippen LogP contribution in [-0.2, 0) is 4.79 Å². The van der Waals surface area contributed by atoms with Crippen molar-refractivity contribution in [1.29, 1.82) is 0 Å².